The third kappa shape index (κ3) is 7.75. The molecule has 1 saturated heterocycles. The summed E-state index contributed by atoms with van der Waals surface area (Å²) in [5.41, 5.74) is 2.24. The zero-order valence-electron chi connectivity index (χ0n) is 16.5. The lowest BCUT2D eigenvalue weighted by molar-refractivity contribution is 0.0132. The highest BCUT2D eigenvalue weighted by Crippen LogP contribution is 2.13. The predicted octanol–water partition coefficient (Wildman–Crippen LogP) is 2.42. The smallest absolute Gasteiger partial charge is 0.191 e. The number of hydrogen-bond donors (Lipinski definition) is 2. The summed E-state index contributed by atoms with van der Waals surface area (Å²) in [5.74, 6) is 1.49. The Morgan fingerprint density at radius 2 is 2.04 bits per heavy atom. The number of rotatable bonds is 7. The van der Waals surface area contributed by atoms with Crippen LogP contribution in [0.15, 0.2) is 23.3 Å². The number of ether oxygens (including phenoxy) is 1. The first-order valence-corrected chi connectivity index (χ1v) is 9.27. The lowest BCUT2D eigenvalue weighted by Crippen LogP contribution is -2.51. The third-order valence-corrected chi connectivity index (χ3v) is 4.58. The molecule has 1 unspecified atom stereocenters. The van der Waals surface area contributed by atoms with Crippen molar-refractivity contribution >= 4 is 29.9 Å². The van der Waals surface area contributed by atoms with Gasteiger partial charge < -0.3 is 15.4 Å². The van der Waals surface area contributed by atoms with E-state index in [9.17, 15) is 0 Å². The van der Waals surface area contributed by atoms with Gasteiger partial charge in [0, 0.05) is 38.9 Å². The minimum atomic E-state index is 0. The molecule has 1 atom stereocenters. The Labute approximate surface area is 175 Å². The van der Waals surface area contributed by atoms with Gasteiger partial charge >= 0.3 is 0 Å². The minimum absolute atomic E-state index is 0. The van der Waals surface area contributed by atoms with E-state index in [1.165, 1.54) is 12.0 Å². The van der Waals surface area contributed by atoms with Crippen molar-refractivity contribution in [3.05, 3.63) is 29.6 Å². The van der Waals surface area contributed by atoms with Crippen LogP contribution in [-0.4, -0.2) is 61.8 Å². The first-order chi connectivity index (χ1) is 12.1. The van der Waals surface area contributed by atoms with E-state index >= 15 is 0 Å². The van der Waals surface area contributed by atoms with Crippen LogP contribution in [0.4, 0.5) is 0 Å². The molecule has 0 saturated carbocycles. The summed E-state index contributed by atoms with van der Waals surface area (Å²) >= 11 is 0. The molecule has 1 aliphatic heterocycles. The molecule has 0 aromatic carbocycles. The second-order valence-corrected chi connectivity index (χ2v) is 7.01. The van der Waals surface area contributed by atoms with E-state index in [2.05, 4.69) is 52.3 Å². The van der Waals surface area contributed by atoms with Crippen molar-refractivity contribution in [1.82, 2.24) is 20.5 Å². The third-order valence-electron chi connectivity index (χ3n) is 4.58. The van der Waals surface area contributed by atoms with E-state index in [0.717, 1.165) is 44.5 Å². The molecular formula is C19H34IN5O. The highest BCUT2D eigenvalue weighted by atomic mass is 127. The van der Waals surface area contributed by atoms with Gasteiger partial charge in [-0.15, -0.1) is 24.0 Å². The van der Waals surface area contributed by atoms with Crippen LogP contribution in [0.25, 0.3) is 0 Å². The van der Waals surface area contributed by atoms with Crippen molar-refractivity contribution in [2.24, 2.45) is 10.9 Å². The van der Waals surface area contributed by atoms with Crippen molar-refractivity contribution in [2.45, 2.75) is 39.8 Å². The summed E-state index contributed by atoms with van der Waals surface area (Å²) in [7, 11) is 1.81. The average molecular weight is 475 g/mol. The van der Waals surface area contributed by atoms with Crippen LogP contribution in [0.1, 0.15) is 31.5 Å². The second-order valence-electron chi connectivity index (χ2n) is 7.01. The van der Waals surface area contributed by atoms with Gasteiger partial charge in [-0.2, -0.15) is 0 Å². The molecule has 6 nitrogen and oxygen atoms in total. The van der Waals surface area contributed by atoms with Crippen molar-refractivity contribution in [3.63, 3.8) is 0 Å². The summed E-state index contributed by atoms with van der Waals surface area (Å²) in [4.78, 5) is 11.3. The molecule has 0 amide bonds. The molecule has 0 radical (unpaired) electrons. The molecule has 1 aromatic heterocycles. The summed E-state index contributed by atoms with van der Waals surface area (Å²) in [6, 6.07) is 4.54. The quantitative estimate of drug-likeness (QED) is 0.361. The number of aromatic nitrogens is 1. The highest BCUT2D eigenvalue weighted by Gasteiger charge is 2.22. The molecule has 1 aliphatic rings. The summed E-state index contributed by atoms with van der Waals surface area (Å²) < 4.78 is 5.50. The lowest BCUT2D eigenvalue weighted by Gasteiger charge is -2.35. The molecular weight excluding hydrogens is 441 g/mol. The first-order valence-electron chi connectivity index (χ1n) is 9.27. The van der Waals surface area contributed by atoms with Gasteiger partial charge in [-0.25, -0.2) is 0 Å². The number of hydrogen-bond acceptors (Lipinski definition) is 4. The topological polar surface area (TPSA) is 61.8 Å². The molecule has 0 aliphatic carbocycles. The largest absolute Gasteiger partial charge is 0.379 e. The molecule has 2 N–H and O–H groups in total. The first kappa shape index (κ1) is 23.1. The zero-order valence-corrected chi connectivity index (χ0v) is 18.8. The Morgan fingerprint density at radius 1 is 1.31 bits per heavy atom. The highest BCUT2D eigenvalue weighted by molar-refractivity contribution is 14.0. The molecule has 148 valence electrons. The summed E-state index contributed by atoms with van der Waals surface area (Å²) in [6.45, 7) is 11.9. The van der Waals surface area contributed by atoms with E-state index < -0.39 is 0 Å². The van der Waals surface area contributed by atoms with Gasteiger partial charge in [-0.3, -0.25) is 14.9 Å². The number of aryl methyl sites for hydroxylation is 1. The van der Waals surface area contributed by atoms with E-state index in [4.69, 9.17) is 4.74 Å². The van der Waals surface area contributed by atoms with Gasteiger partial charge in [0.2, 0.25) is 0 Å². The number of morpholine rings is 1. The van der Waals surface area contributed by atoms with Crippen molar-refractivity contribution in [3.8, 4) is 0 Å². The number of pyridine rings is 1. The van der Waals surface area contributed by atoms with E-state index in [1.54, 1.807) is 0 Å². The maximum Gasteiger partial charge on any atom is 0.191 e. The lowest BCUT2D eigenvalue weighted by atomic mass is 10.0. The van der Waals surface area contributed by atoms with Crippen molar-refractivity contribution in [1.29, 1.82) is 0 Å². The number of guanidine groups is 1. The fourth-order valence-corrected chi connectivity index (χ4v) is 3.15. The fraction of sp³-hybridized carbons (Fsp3) is 0.684. The zero-order chi connectivity index (χ0) is 18.1. The number of aliphatic imine (C=N–C) groups is 1. The van der Waals surface area contributed by atoms with Crippen LogP contribution in [0.2, 0.25) is 0 Å². The van der Waals surface area contributed by atoms with Crippen LogP contribution < -0.4 is 10.6 Å². The van der Waals surface area contributed by atoms with Gasteiger partial charge in [0.15, 0.2) is 5.96 Å². The van der Waals surface area contributed by atoms with Gasteiger partial charge in [-0.1, -0.05) is 19.9 Å². The molecule has 26 heavy (non-hydrogen) atoms. The summed E-state index contributed by atoms with van der Waals surface area (Å²) in [5, 5.41) is 6.86. The van der Waals surface area contributed by atoms with Gasteiger partial charge in [0.1, 0.15) is 0 Å². The van der Waals surface area contributed by atoms with Crippen molar-refractivity contribution in [2.75, 3.05) is 39.9 Å². The van der Waals surface area contributed by atoms with E-state index in [-0.39, 0.29) is 24.0 Å². The standard InChI is InChI=1S/C19H33N5O.HI/c1-15(2)12-17(24-8-10-25-11-9-24)13-22-19(20-4)23-14-18-16(3)6-5-7-21-18;/h5-7,15,17H,8-14H2,1-4H3,(H2,20,22,23);1H. The number of nitrogens with zero attached hydrogens (tertiary/aromatic N) is 3. The van der Waals surface area contributed by atoms with Gasteiger partial charge in [-0.05, 0) is 30.9 Å². The van der Waals surface area contributed by atoms with Gasteiger partial charge in [0.25, 0.3) is 0 Å². The molecule has 1 aromatic rings. The van der Waals surface area contributed by atoms with E-state index in [1.807, 2.05) is 19.3 Å². The molecule has 2 rings (SSSR count). The maximum atomic E-state index is 5.50. The Kier molecular flexibility index (Phi) is 11.1. The van der Waals surface area contributed by atoms with Crippen LogP contribution >= 0.6 is 24.0 Å². The maximum absolute atomic E-state index is 5.50. The number of halogens is 1. The van der Waals surface area contributed by atoms with Crippen LogP contribution in [0, 0.1) is 12.8 Å². The van der Waals surface area contributed by atoms with Crippen LogP contribution in [0.5, 0.6) is 0 Å². The number of nitrogens with one attached hydrogen (secondary N) is 2. The SMILES string of the molecule is CN=C(NCc1ncccc1C)NCC(CC(C)C)N1CCOCC1.I. The second kappa shape index (κ2) is 12.5. The average Bonchev–Trinajstić information content (AvgIpc) is 2.62. The normalized spacial score (nSPS) is 16.9. The van der Waals surface area contributed by atoms with E-state index in [0.29, 0.717) is 18.5 Å². The Hall–Kier alpha value is -0.930. The Balaban J connectivity index is 0.00000338. The molecule has 2 heterocycles. The van der Waals surface area contributed by atoms with Gasteiger partial charge in [0.05, 0.1) is 25.5 Å². The summed E-state index contributed by atoms with van der Waals surface area (Å²) in [6.07, 6.45) is 3.00. The van der Waals surface area contributed by atoms with Crippen molar-refractivity contribution < 1.29 is 4.74 Å². The Morgan fingerprint density at radius 3 is 2.65 bits per heavy atom. The van der Waals surface area contributed by atoms with Crippen LogP contribution in [-0.2, 0) is 11.3 Å². The fourth-order valence-electron chi connectivity index (χ4n) is 3.15. The molecule has 7 heteroatoms. The monoisotopic (exact) mass is 475 g/mol. The molecule has 0 bridgehead atoms. The molecule has 1 fully saturated rings. The predicted molar refractivity (Wildman–Crippen MR) is 118 cm³/mol. The molecule has 0 spiro atoms. The Bertz CT molecular complexity index is 546. The minimum Gasteiger partial charge on any atom is -0.379 e. The van der Waals surface area contributed by atoms with Crippen LogP contribution in [0.3, 0.4) is 0 Å².